The van der Waals surface area contributed by atoms with Crippen LogP contribution in [0.3, 0.4) is 0 Å². The van der Waals surface area contributed by atoms with Gasteiger partial charge in [0, 0.05) is 20.0 Å². The number of nitrogens with one attached hydrogen (secondary N) is 1. The summed E-state index contributed by atoms with van der Waals surface area (Å²) in [6, 6.07) is 4.40. The molecule has 1 aromatic rings. The van der Waals surface area contributed by atoms with Crippen LogP contribution in [0, 0.1) is 11.8 Å². The van der Waals surface area contributed by atoms with Gasteiger partial charge >= 0.3 is 6.18 Å². The van der Waals surface area contributed by atoms with E-state index in [0.717, 1.165) is 6.07 Å². The van der Waals surface area contributed by atoms with E-state index in [1.165, 1.54) is 30.1 Å². The number of hydrogen-bond donors (Lipinski definition) is 1. The summed E-state index contributed by atoms with van der Waals surface area (Å²) in [6.07, 6.45) is -4.19. The molecule has 0 aliphatic heterocycles. The number of carbonyl (C=O) groups excluding carboxylic acids is 2. The monoisotopic (exact) mass is 372 g/mol. The van der Waals surface area contributed by atoms with Crippen molar-refractivity contribution in [1.29, 1.82) is 0 Å². The Morgan fingerprint density at radius 2 is 1.69 bits per heavy atom. The number of halogens is 3. The summed E-state index contributed by atoms with van der Waals surface area (Å²) in [5, 5.41) is 2.71. The molecule has 0 aliphatic carbocycles. The minimum atomic E-state index is -4.48. The number of hydrogen-bond acceptors (Lipinski definition) is 2. The van der Waals surface area contributed by atoms with E-state index in [-0.39, 0.29) is 36.3 Å². The van der Waals surface area contributed by atoms with Gasteiger partial charge in [-0.3, -0.25) is 9.59 Å². The van der Waals surface area contributed by atoms with Crippen molar-refractivity contribution in [3.8, 4) is 0 Å². The molecule has 0 fully saturated rings. The Balaban J connectivity index is 2.92. The molecule has 1 rings (SSSR count). The summed E-state index contributed by atoms with van der Waals surface area (Å²) in [5.41, 5.74) is -0.739. The fourth-order valence-electron chi connectivity index (χ4n) is 2.62. The van der Waals surface area contributed by atoms with E-state index in [1.807, 2.05) is 13.8 Å². The van der Waals surface area contributed by atoms with Gasteiger partial charge in [0.1, 0.15) is 6.04 Å². The van der Waals surface area contributed by atoms with Crippen LogP contribution in [0.5, 0.6) is 0 Å². The van der Waals surface area contributed by atoms with E-state index in [2.05, 4.69) is 5.32 Å². The van der Waals surface area contributed by atoms with E-state index in [0.29, 0.717) is 0 Å². The van der Waals surface area contributed by atoms with Gasteiger partial charge in [-0.1, -0.05) is 45.9 Å². The van der Waals surface area contributed by atoms with Crippen LogP contribution in [0.1, 0.15) is 45.2 Å². The lowest BCUT2D eigenvalue weighted by atomic mass is 10.0. The van der Waals surface area contributed by atoms with Gasteiger partial charge in [0.15, 0.2) is 0 Å². The van der Waals surface area contributed by atoms with Gasteiger partial charge in [-0.15, -0.1) is 0 Å². The lowest BCUT2D eigenvalue weighted by Crippen LogP contribution is -2.50. The van der Waals surface area contributed by atoms with Gasteiger partial charge in [-0.05, 0) is 23.5 Å². The van der Waals surface area contributed by atoms with Crippen LogP contribution < -0.4 is 5.32 Å². The van der Waals surface area contributed by atoms with Crippen LogP contribution in [0.4, 0.5) is 13.2 Å². The number of alkyl halides is 3. The predicted molar refractivity (Wildman–Crippen MR) is 94.1 cm³/mol. The molecule has 1 N–H and O–H groups in total. The molecule has 7 heteroatoms. The Labute approximate surface area is 152 Å². The van der Waals surface area contributed by atoms with Crippen LogP contribution in [0.25, 0.3) is 0 Å². The van der Waals surface area contributed by atoms with Gasteiger partial charge in [0.25, 0.3) is 0 Å². The molecular weight excluding hydrogens is 345 g/mol. The third-order valence-electron chi connectivity index (χ3n) is 3.95. The van der Waals surface area contributed by atoms with Crippen molar-refractivity contribution >= 4 is 11.8 Å². The smallest absolute Gasteiger partial charge is 0.344 e. The molecule has 0 heterocycles. The molecule has 0 saturated carbocycles. The quantitative estimate of drug-likeness (QED) is 0.790. The molecule has 0 aliphatic rings. The first-order valence-electron chi connectivity index (χ1n) is 8.63. The zero-order chi connectivity index (χ0) is 20.1. The van der Waals surface area contributed by atoms with Gasteiger partial charge in [-0.25, -0.2) is 0 Å². The van der Waals surface area contributed by atoms with E-state index in [1.54, 1.807) is 13.8 Å². The molecule has 0 saturated heterocycles. The average Bonchev–Trinajstić information content (AvgIpc) is 2.50. The minimum Gasteiger partial charge on any atom is -0.344 e. The molecule has 146 valence electrons. The summed E-state index contributed by atoms with van der Waals surface area (Å²) in [4.78, 5) is 25.9. The third-order valence-corrected chi connectivity index (χ3v) is 3.95. The molecule has 1 atom stereocenters. The normalized spacial score (nSPS) is 13.0. The van der Waals surface area contributed by atoms with Crippen LogP contribution in [0.15, 0.2) is 24.3 Å². The van der Waals surface area contributed by atoms with Crippen molar-refractivity contribution < 1.29 is 22.8 Å². The molecule has 0 spiro atoms. The van der Waals surface area contributed by atoms with Crippen molar-refractivity contribution in [2.24, 2.45) is 11.8 Å². The van der Waals surface area contributed by atoms with Crippen molar-refractivity contribution in [2.75, 3.05) is 7.05 Å². The number of carbonyl (C=O) groups is 2. The maximum Gasteiger partial charge on any atom is 0.416 e. The Morgan fingerprint density at radius 3 is 2.19 bits per heavy atom. The molecule has 2 amide bonds. The molecular formula is C19H27F3N2O2. The second kappa shape index (κ2) is 9.05. The Bertz CT molecular complexity index is 627. The molecule has 1 unspecified atom stereocenters. The maximum atomic E-state index is 13.1. The minimum absolute atomic E-state index is 0.0202. The first kappa shape index (κ1) is 22.0. The van der Waals surface area contributed by atoms with E-state index < -0.39 is 23.7 Å². The van der Waals surface area contributed by atoms with Crippen molar-refractivity contribution in [3.63, 3.8) is 0 Å². The number of amides is 2. The summed E-state index contributed by atoms with van der Waals surface area (Å²) in [6.45, 7) is 7.18. The standard InChI is InChI=1S/C19H27F3N2O2/c1-12(2)10-16(25)23-17(13(3)4)18(26)24(5)11-14-8-6-7-9-15(14)19(20,21)22/h6-9,12-13,17H,10-11H2,1-5H3,(H,23,25). The van der Waals surface area contributed by atoms with E-state index in [9.17, 15) is 22.8 Å². The van der Waals surface area contributed by atoms with Crippen molar-refractivity contribution in [1.82, 2.24) is 10.2 Å². The fourth-order valence-corrected chi connectivity index (χ4v) is 2.62. The first-order chi connectivity index (χ1) is 11.9. The highest BCUT2D eigenvalue weighted by atomic mass is 19.4. The lowest BCUT2D eigenvalue weighted by molar-refractivity contribution is -0.140. The molecule has 4 nitrogen and oxygen atoms in total. The second-order valence-electron chi connectivity index (χ2n) is 7.24. The third kappa shape index (κ3) is 6.35. The number of nitrogens with zero attached hydrogens (tertiary/aromatic N) is 1. The van der Waals surface area contributed by atoms with Crippen LogP contribution >= 0.6 is 0 Å². The fraction of sp³-hybridized carbons (Fsp3) is 0.579. The summed E-state index contributed by atoms with van der Waals surface area (Å²) < 4.78 is 39.4. The Morgan fingerprint density at radius 1 is 1.12 bits per heavy atom. The van der Waals surface area contributed by atoms with Gasteiger partial charge in [0.05, 0.1) is 5.56 Å². The SMILES string of the molecule is CC(C)CC(=O)NC(C(=O)N(C)Cc1ccccc1C(F)(F)F)C(C)C. The largest absolute Gasteiger partial charge is 0.416 e. The Hall–Kier alpha value is -2.05. The summed E-state index contributed by atoms with van der Waals surface area (Å²) in [5.74, 6) is -0.682. The van der Waals surface area contributed by atoms with Crippen LogP contribution in [0.2, 0.25) is 0 Å². The number of benzene rings is 1. The van der Waals surface area contributed by atoms with Crippen molar-refractivity contribution in [2.45, 2.75) is 52.9 Å². The van der Waals surface area contributed by atoms with Gasteiger partial charge in [0.2, 0.25) is 11.8 Å². The summed E-state index contributed by atoms with van der Waals surface area (Å²) in [7, 11) is 1.44. The lowest BCUT2D eigenvalue weighted by Gasteiger charge is -2.28. The molecule has 26 heavy (non-hydrogen) atoms. The molecule has 0 aromatic heterocycles. The second-order valence-corrected chi connectivity index (χ2v) is 7.24. The molecule has 0 radical (unpaired) electrons. The highest BCUT2D eigenvalue weighted by Crippen LogP contribution is 2.32. The highest BCUT2D eigenvalue weighted by molar-refractivity contribution is 5.87. The number of likely N-dealkylation sites (N-methyl/N-ethyl adjacent to an activating group) is 1. The van der Waals surface area contributed by atoms with Crippen LogP contribution in [-0.4, -0.2) is 29.8 Å². The highest BCUT2D eigenvalue weighted by Gasteiger charge is 2.34. The molecule has 0 bridgehead atoms. The molecule has 1 aromatic carbocycles. The first-order valence-corrected chi connectivity index (χ1v) is 8.63. The Kier molecular flexibility index (Phi) is 7.66. The zero-order valence-corrected chi connectivity index (χ0v) is 15.9. The topological polar surface area (TPSA) is 49.4 Å². The average molecular weight is 372 g/mol. The maximum absolute atomic E-state index is 13.1. The summed E-state index contributed by atoms with van der Waals surface area (Å²) >= 11 is 0. The van der Waals surface area contributed by atoms with Gasteiger partial charge in [-0.2, -0.15) is 13.2 Å². The van der Waals surface area contributed by atoms with Gasteiger partial charge < -0.3 is 10.2 Å². The zero-order valence-electron chi connectivity index (χ0n) is 15.9. The van der Waals surface area contributed by atoms with E-state index >= 15 is 0 Å². The van der Waals surface area contributed by atoms with Crippen LogP contribution in [-0.2, 0) is 22.3 Å². The number of rotatable bonds is 7. The predicted octanol–water partition coefficient (Wildman–Crippen LogP) is 3.85. The van der Waals surface area contributed by atoms with E-state index in [4.69, 9.17) is 0 Å². The van der Waals surface area contributed by atoms with Crippen molar-refractivity contribution in [3.05, 3.63) is 35.4 Å².